The molecule has 2 N–H and O–H groups in total. The zero-order chi connectivity index (χ0) is 22.6. The number of allylic oxidation sites excluding steroid dienone is 3. The summed E-state index contributed by atoms with van der Waals surface area (Å²) < 4.78 is 0. The van der Waals surface area contributed by atoms with Crippen LogP contribution in [0.1, 0.15) is 121 Å². The van der Waals surface area contributed by atoms with Crippen LogP contribution in [0.15, 0.2) is 35.9 Å². The zero-order valence-corrected chi connectivity index (χ0v) is 20.4. The molecule has 2 nitrogen and oxygen atoms in total. The third-order valence-electron chi connectivity index (χ3n) is 6.98. The SMILES string of the molecule is C=C(C)[C@@H]1CCC(C)=C[C@H]1c1c(O)cc(CCCCCCCCCCCCC)cc1O. The van der Waals surface area contributed by atoms with Crippen LogP contribution in [0.3, 0.4) is 0 Å². The number of hydrogen-bond donors (Lipinski definition) is 2. The van der Waals surface area contributed by atoms with E-state index in [2.05, 4.69) is 33.4 Å². The molecular weight excluding hydrogens is 380 g/mol. The van der Waals surface area contributed by atoms with Gasteiger partial charge in [-0.05, 0) is 63.1 Å². The molecule has 0 amide bonds. The second kappa shape index (κ2) is 13.7. The summed E-state index contributed by atoms with van der Waals surface area (Å²) >= 11 is 0. The topological polar surface area (TPSA) is 40.5 Å². The van der Waals surface area contributed by atoms with Crippen molar-refractivity contribution < 1.29 is 10.2 Å². The van der Waals surface area contributed by atoms with Gasteiger partial charge in [0, 0.05) is 11.5 Å². The highest BCUT2D eigenvalue weighted by Gasteiger charge is 2.30. The molecule has 1 aromatic carbocycles. The van der Waals surface area contributed by atoms with E-state index < -0.39 is 0 Å². The van der Waals surface area contributed by atoms with Crippen molar-refractivity contribution in [2.45, 2.75) is 117 Å². The first-order valence-corrected chi connectivity index (χ1v) is 12.8. The first-order chi connectivity index (χ1) is 14.9. The molecule has 0 bridgehead atoms. The van der Waals surface area contributed by atoms with E-state index >= 15 is 0 Å². The molecule has 0 aromatic heterocycles. The van der Waals surface area contributed by atoms with E-state index in [0.717, 1.165) is 36.8 Å². The smallest absolute Gasteiger partial charge is 0.123 e. The van der Waals surface area contributed by atoms with E-state index in [1.807, 2.05) is 12.1 Å². The molecule has 0 saturated heterocycles. The number of aryl methyl sites for hydroxylation is 1. The van der Waals surface area contributed by atoms with Gasteiger partial charge in [-0.15, -0.1) is 0 Å². The molecule has 174 valence electrons. The number of aromatic hydroxyl groups is 2. The van der Waals surface area contributed by atoms with Gasteiger partial charge in [0.25, 0.3) is 0 Å². The van der Waals surface area contributed by atoms with Gasteiger partial charge in [0.1, 0.15) is 11.5 Å². The van der Waals surface area contributed by atoms with Crippen molar-refractivity contribution in [1.82, 2.24) is 0 Å². The summed E-state index contributed by atoms with van der Waals surface area (Å²) in [4.78, 5) is 0. The minimum atomic E-state index is 0.0160. The average Bonchev–Trinajstić information content (AvgIpc) is 2.71. The summed E-state index contributed by atoms with van der Waals surface area (Å²) in [6.45, 7) is 10.6. The minimum Gasteiger partial charge on any atom is -0.507 e. The van der Waals surface area contributed by atoms with Gasteiger partial charge in [0.05, 0.1) is 0 Å². The van der Waals surface area contributed by atoms with E-state index in [0.29, 0.717) is 5.56 Å². The molecule has 1 aliphatic carbocycles. The van der Waals surface area contributed by atoms with Crippen LogP contribution in [-0.4, -0.2) is 10.2 Å². The van der Waals surface area contributed by atoms with E-state index in [1.165, 1.54) is 69.8 Å². The molecule has 0 fully saturated rings. The first kappa shape index (κ1) is 25.6. The molecule has 1 aromatic rings. The Hall–Kier alpha value is -1.70. The van der Waals surface area contributed by atoms with Crippen molar-refractivity contribution in [3.63, 3.8) is 0 Å². The number of rotatable bonds is 14. The van der Waals surface area contributed by atoms with Crippen LogP contribution >= 0.6 is 0 Å². The van der Waals surface area contributed by atoms with Crippen LogP contribution in [0.4, 0.5) is 0 Å². The summed E-state index contributed by atoms with van der Waals surface area (Å²) in [6, 6.07) is 3.75. The van der Waals surface area contributed by atoms with Gasteiger partial charge >= 0.3 is 0 Å². The molecule has 0 aliphatic heterocycles. The molecule has 0 spiro atoms. The molecule has 0 heterocycles. The van der Waals surface area contributed by atoms with Crippen LogP contribution in [0, 0.1) is 5.92 Å². The quantitative estimate of drug-likeness (QED) is 0.230. The van der Waals surface area contributed by atoms with Gasteiger partial charge in [0.15, 0.2) is 0 Å². The summed E-state index contributed by atoms with van der Waals surface area (Å²) in [6.07, 6.45) is 19.8. The third kappa shape index (κ3) is 8.39. The van der Waals surface area contributed by atoms with Crippen LogP contribution in [-0.2, 0) is 6.42 Å². The molecule has 0 unspecified atom stereocenters. The van der Waals surface area contributed by atoms with Crippen molar-refractivity contribution in [2.24, 2.45) is 5.92 Å². The fraction of sp³-hybridized carbons (Fsp3) is 0.655. The maximum atomic E-state index is 10.8. The Bertz CT molecular complexity index is 692. The number of hydrogen-bond acceptors (Lipinski definition) is 2. The van der Waals surface area contributed by atoms with Crippen molar-refractivity contribution in [2.75, 3.05) is 0 Å². The van der Waals surface area contributed by atoms with Crippen molar-refractivity contribution >= 4 is 0 Å². The maximum Gasteiger partial charge on any atom is 0.123 e. The Morgan fingerprint density at radius 3 is 1.94 bits per heavy atom. The van der Waals surface area contributed by atoms with E-state index in [-0.39, 0.29) is 23.3 Å². The summed E-state index contributed by atoms with van der Waals surface area (Å²) in [7, 11) is 0. The van der Waals surface area contributed by atoms with Crippen molar-refractivity contribution in [3.05, 3.63) is 47.1 Å². The maximum absolute atomic E-state index is 10.8. The van der Waals surface area contributed by atoms with Crippen molar-refractivity contribution in [3.8, 4) is 11.5 Å². The Labute approximate surface area is 191 Å². The second-order valence-electron chi connectivity index (χ2n) is 9.86. The molecule has 1 aliphatic rings. The minimum absolute atomic E-state index is 0.0160. The van der Waals surface area contributed by atoms with Gasteiger partial charge in [-0.25, -0.2) is 0 Å². The lowest BCUT2D eigenvalue weighted by Crippen LogP contribution is -2.17. The second-order valence-corrected chi connectivity index (χ2v) is 9.86. The monoisotopic (exact) mass is 426 g/mol. The lowest BCUT2D eigenvalue weighted by Gasteiger charge is -2.31. The molecule has 2 rings (SSSR count). The molecule has 2 heteroatoms. The highest BCUT2D eigenvalue weighted by molar-refractivity contribution is 5.51. The van der Waals surface area contributed by atoms with E-state index in [4.69, 9.17) is 0 Å². The lowest BCUT2D eigenvalue weighted by atomic mass is 9.73. The average molecular weight is 427 g/mol. The molecular formula is C29H46O2. The number of phenolic OH excluding ortho intramolecular Hbond substituents is 2. The fourth-order valence-electron chi connectivity index (χ4n) is 5.06. The Kier molecular flexibility index (Phi) is 11.3. The summed E-state index contributed by atoms with van der Waals surface area (Å²) in [5.74, 6) is 0.765. The number of unbranched alkanes of at least 4 members (excludes halogenated alkanes) is 10. The fourth-order valence-corrected chi connectivity index (χ4v) is 5.06. The van der Waals surface area contributed by atoms with Crippen molar-refractivity contribution in [1.29, 1.82) is 0 Å². The molecule has 31 heavy (non-hydrogen) atoms. The van der Waals surface area contributed by atoms with Gasteiger partial charge in [-0.2, -0.15) is 0 Å². The van der Waals surface area contributed by atoms with Crippen LogP contribution in [0.5, 0.6) is 11.5 Å². The Balaban J connectivity index is 1.79. The van der Waals surface area contributed by atoms with Crippen LogP contribution < -0.4 is 0 Å². The largest absolute Gasteiger partial charge is 0.507 e. The first-order valence-electron chi connectivity index (χ1n) is 12.8. The van der Waals surface area contributed by atoms with Gasteiger partial charge < -0.3 is 10.2 Å². The predicted molar refractivity (Wildman–Crippen MR) is 134 cm³/mol. The number of benzene rings is 1. The predicted octanol–water partition coefficient (Wildman–Crippen LogP) is 8.97. The normalized spacial score (nSPS) is 18.7. The number of phenols is 2. The summed E-state index contributed by atoms with van der Waals surface area (Å²) in [5, 5.41) is 21.5. The Morgan fingerprint density at radius 1 is 0.903 bits per heavy atom. The van der Waals surface area contributed by atoms with Gasteiger partial charge in [-0.3, -0.25) is 0 Å². The Morgan fingerprint density at radius 2 is 1.42 bits per heavy atom. The van der Waals surface area contributed by atoms with Gasteiger partial charge in [-0.1, -0.05) is 94.9 Å². The standard InChI is InChI=1S/C29H46O2/c1-5-6-7-8-9-10-11-12-13-14-15-16-24-20-27(30)29(28(31)21-24)26-19-23(4)17-18-25(26)22(2)3/h19-21,25-26,30-31H,2,5-18H2,1,3-4H3/t25-,26+/m0/s1. The van der Waals surface area contributed by atoms with Gasteiger partial charge in [0.2, 0.25) is 0 Å². The third-order valence-corrected chi connectivity index (χ3v) is 6.98. The zero-order valence-electron chi connectivity index (χ0n) is 20.4. The van der Waals surface area contributed by atoms with E-state index in [1.54, 1.807) is 0 Å². The van der Waals surface area contributed by atoms with E-state index in [9.17, 15) is 10.2 Å². The van der Waals surface area contributed by atoms with Crippen LogP contribution in [0.2, 0.25) is 0 Å². The summed E-state index contributed by atoms with van der Waals surface area (Å²) in [5.41, 5.74) is 4.16. The lowest BCUT2D eigenvalue weighted by molar-refractivity contribution is 0.406. The molecule has 0 saturated carbocycles. The highest BCUT2D eigenvalue weighted by Crippen LogP contribution is 2.46. The highest BCUT2D eigenvalue weighted by atomic mass is 16.3. The molecule has 0 radical (unpaired) electrons. The van der Waals surface area contributed by atoms with Crippen LogP contribution in [0.25, 0.3) is 0 Å². The molecule has 2 atom stereocenters.